The van der Waals surface area contributed by atoms with E-state index in [1.807, 2.05) is 19.9 Å². The lowest BCUT2D eigenvalue weighted by molar-refractivity contribution is 0.112. The van der Waals surface area contributed by atoms with Crippen LogP contribution >= 0.6 is 0 Å². The predicted octanol–water partition coefficient (Wildman–Crippen LogP) is 4.05. The largest absolute Gasteiger partial charge is 0.508 e. The summed E-state index contributed by atoms with van der Waals surface area (Å²) in [6, 6.07) is 6.73. The summed E-state index contributed by atoms with van der Waals surface area (Å²) >= 11 is 0. The Bertz CT molecular complexity index is 915. The molecule has 2 aromatic carbocycles. The number of aldehydes is 1. The van der Waals surface area contributed by atoms with Crippen molar-refractivity contribution in [3.8, 4) is 11.5 Å². The van der Waals surface area contributed by atoms with Crippen LogP contribution in [0.5, 0.6) is 11.5 Å². The Morgan fingerprint density at radius 3 is 2.64 bits per heavy atom. The zero-order chi connectivity index (χ0) is 15.9. The fraction of sp³-hybridized carbons (Fsp3) is 0.167. The average Bonchev–Trinajstić information content (AvgIpc) is 2.82. The standard InChI is InChI=1S/C18H17NO3/c1-10(2)3-5-14-17-15(7-11(9-20)18(14)22)13-6-4-12(21)8-16(13)19-17/h3-4,6-9,19,21-22H,5H2,1-2H3. The van der Waals surface area contributed by atoms with E-state index < -0.39 is 0 Å². The number of H-pyrrole nitrogens is 1. The molecule has 0 aliphatic rings. The Morgan fingerprint density at radius 1 is 1.18 bits per heavy atom. The molecule has 0 atom stereocenters. The first-order valence-corrected chi connectivity index (χ1v) is 7.09. The minimum Gasteiger partial charge on any atom is -0.508 e. The van der Waals surface area contributed by atoms with Gasteiger partial charge in [-0.15, -0.1) is 0 Å². The van der Waals surface area contributed by atoms with Gasteiger partial charge in [0.1, 0.15) is 11.5 Å². The molecule has 3 rings (SSSR count). The van der Waals surface area contributed by atoms with E-state index in [0.717, 1.165) is 27.4 Å². The minimum absolute atomic E-state index is 0.00998. The first kappa shape index (κ1) is 14.2. The lowest BCUT2D eigenvalue weighted by Gasteiger charge is -2.07. The Kier molecular flexibility index (Phi) is 3.37. The van der Waals surface area contributed by atoms with Gasteiger partial charge < -0.3 is 15.2 Å². The van der Waals surface area contributed by atoms with Gasteiger partial charge >= 0.3 is 0 Å². The fourth-order valence-corrected chi connectivity index (χ4v) is 2.71. The van der Waals surface area contributed by atoms with Gasteiger partial charge in [0.05, 0.1) is 16.6 Å². The number of aromatic hydroxyl groups is 2. The van der Waals surface area contributed by atoms with Crippen LogP contribution in [0.2, 0.25) is 0 Å². The second-order valence-electron chi connectivity index (χ2n) is 5.67. The first-order valence-electron chi connectivity index (χ1n) is 7.09. The van der Waals surface area contributed by atoms with Gasteiger partial charge in [-0.05, 0) is 38.5 Å². The van der Waals surface area contributed by atoms with E-state index in [1.165, 1.54) is 0 Å². The van der Waals surface area contributed by atoms with E-state index in [-0.39, 0.29) is 17.1 Å². The van der Waals surface area contributed by atoms with Gasteiger partial charge in [0, 0.05) is 22.4 Å². The van der Waals surface area contributed by atoms with Crippen molar-refractivity contribution < 1.29 is 15.0 Å². The van der Waals surface area contributed by atoms with Gasteiger partial charge in [-0.25, -0.2) is 0 Å². The van der Waals surface area contributed by atoms with Crippen LogP contribution < -0.4 is 0 Å². The Hall–Kier alpha value is -2.75. The summed E-state index contributed by atoms with van der Waals surface area (Å²) in [4.78, 5) is 14.5. The number of nitrogens with one attached hydrogen (secondary N) is 1. The summed E-state index contributed by atoms with van der Waals surface area (Å²) in [6.07, 6.45) is 3.21. The normalized spacial score (nSPS) is 11.0. The van der Waals surface area contributed by atoms with Gasteiger partial charge in [-0.3, -0.25) is 4.79 Å². The zero-order valence-electron chi connectivity index (χ0n) is 12.5. The summed E-state index contributed by atoms with van der Waals surface area (Å²) < 4.78 is 0. The van der Waals surface area contributed by atoms with Crippen LogP contribution in [-0.4, -0.2) is 21.5 Å². The summed E-state index contributed by atoms with van der Waals surface area (Å²) in [5.41, 5.74) is 3.67. The van der Waals surface area contributed by atoms with Crippen LogP contribution in [-0.2, 0) is 6.42 Å². The Morgan fingerprint density at radius 2 is 1.95 bits per heavy atom. The number of carbonyl (C=O) groups excluding carboxylic acids is 1. The molecular formula is C18H17NO3. The molecule has 0 saturated heterocycles. The Balaban J connectivity index is 2.39. The van der Waals surface area contributed by atoms with Gasteiger partial charge in [0.2, 0.25) is 0 Å². The monoisotopic (exact) mass is 295 g/mol. The molecule has 22 heavy (non-hydrogen) atoms. The third-order valence-corrected chi connectivity index (χ3v) is 3.82. The van der Waals surface area contributed by atoms with E-state index in [2.05, 4.69) is 4.98 Å². The fourth-order valence-electron chi connectivity index (χ4n) is 2.71. The maximum Gasteiger partial charge on any atom is 0.153 e. The van der Waals surface area contributed by atoms with Gasteiger partial charge in [0.25, 0.3) is 0 Å². The van der Waals surface area contributed by atoms with Crippen LogP contribution in [0.15, 0.2) is 35.9 Å². The number of phenolic OH excluding ortho intramolecular Hbond substituents is 2. The van der Waals surface area contributed by atoms with Crippen molar-refractivity contribution in [2.45, 2.75) is 20.3 Å². The summed E-state index contributed by atoms with van der Waals surface area (Å²) in [6.45, 7) is 3.97. The van der Waals surface area contributed by atoms with Crippen molar-refractivity contribution in [1.82, 2.24) is 4.98 Å². The highest BCUT2D eigenvalue weighted by Crippen LogP contribution is 2.36. The summed E-state index contributed by atoms with van der Waals surface area (Å²) in [5.74, 6) is 0.181. The van der Waals surface area contributed by atoms with Crippen molar-refractivity contribution in [2.75, 3.05) is 0 Å². The van der Waals surface area contributed by atoms with Gasteiger partial charge in [0.15, 0.2) is 6.29 Å². The molecule has 0 fully saturated rings. The number of hydrogen-bond donors (Lipinski definition) is 3. The van der Waals surface area contributed by atoms with Crippen LogP contribution in [0, 0.1) is 0 Å². The number of carbonyl (C=O) groups is 1. The number of aromatic nitrogens is 1. The lowest BCUT2D eigenvalue weighted by Crippen LogP contribution is -1.91. The quantitative estimate of drug-likeness (QED) is 0.504. The minimum atomic E-state index is 0.00998. The number of fused-ring (bicyclic) bond motifs is 3. The molecule has 0 bridgehead atoms. The molecule has 0 saturated carbocycles. The van der Waals surface area contributed by atoms with Crippen LogP contribution in [0.25, 0.3) is 21.8 Å². The summed E-state index contributed by atoms with van der Waals surface area (Å²) in [7, 11) is 0. The second kappa shape index (κ2) is 5.22. The van der Waals surface area contributed by atoms with Crippen molar-refractivity contribution in [3.63, 3.8) is 0 Å². The number of aromatic amines is 1. The van der Waals surface area contributed by atoms with Crippen LogP contribution in [0.3, 0.4) is 0 Å². The second-order valence-corrected chi connectivity index (χ2v) is 5.67. The van der Waals surface area contributed by atoms with E-state index in [0.29, 0.717) is 18.3 Å². The molecule has 112 valence electrons. The van der Waals surface area contributed by atoms with Crippen LogP contribution in [0.4, 0.5) is 0 Å². The van der Waals surface area contributed by atoms with E-state index >= 15 is 0 Å². The average molecular weight is 295 g/mol. The molecule has 1 heterocycles. The highest BCUT2D eigenvalue weighted by molar-refractivity contribution is 6.11. The topological polar surface area (TPSA) is 73.3 Å². The third-order valence-electron chi connectivity index (χ3n) is 3.82. The molecule has 4 nitrogen and oxygen atoms in total. The van der Waals surface area contributed by atoms with Crippen LogP contribution in [0.1, 0.15) is 29.8 Å². The van der Waals surface area contributed by atoms with Gasteiger partial charge in [-0.1, -0.05) is 11.6 Å². The molecule has 0 radical (unpaired) electrons. The highest BCUT2D eigenvalue weighted by atomic mass is 16.3. The molecule has 0 aliphatic carbocycles. The van der Waals surface area contributed by atoms with E-state index in [4.69, 9.17) is 0 Å². The SMILES string of the molecule is CC(C)=CCc1c(O)c(C=O)cc2c1[nH]c1cc(O)ccc12. The first-order chi connectivity index (χ1) is 10.5. The van der Waals surface area contributed by atoms with E-state index in [1.54, 1.807) is 24.3 Å². The molecule has 3 aromatic rings. The third kappa shape index (κ3) is 2.22. The number of phenols is 2. The number of hydrogen-bond acceptors (Lipinski definition) is 3. The number of rotatable bonds is 3. The molecule has 1 aromatic heterocycles. The highest BCUT2D eigenvalue weighted by Gasteiger charge is 2.15. The Labute approximate surface area is 127 Å². The lowest BCUT2D eigenvalue weighted by atomic mass is 10.0. The maximum absolute atomic E-state index is 11.2. The molecule has 0 amide bonds. The van der Waals surface area contributed by atoms with Crippen molar-refractivity contribution in [3.05, 3.63) is 47.0 Å². The molecule has 0 spiro atoms. The molecule has 0 aliphatic heterocycles. The predicted molar refractivity (Wildman–Crippen MR) is 87.7 cm³/mol. The zero-order valence-corrected chi connectivity index (χ0v) is 12.5. The van der Waals surface area contributed by atoms with Gasteiger partial charge in [-0.2, -0.15) is 0 Å². The van der Waals surface area contributed by atoms with E-state index in [9.17, 15) is 15.0 Å². The molecule has 0 unspecified atom stereocenters. The van der Waals surface area contributed by atoms with Crippen molar-refractivity contribution in [1.29, 1.82) is 0 Å². The molecular weight excluding hydrogens is 278 g/mol. The van der Waals surface area contributed by atoms with Crippen molar-refractivity contribution in [2.24, 2.45) is 0 Å². The number of benzene rings is 2. The maximum atomic E-state index is 11.2. The smallest absolute Gasteiger partial charge is 0.153 e. The van der Waals surface area contributed by atoms with Crippen molar-refractivity contribution >= 4 is 28.1 Å². The molecule has 4 heteroatoms. The molecule has 3 N–H and O–H groups in total. The number of allylic oxidation sites excluding steroid dienone is 2. The summed E-state index contributed by atoms with van der Waals surface area (Å²) in [5, 5.41) is 21.7.